The molecule has 1 atom stereocenters. The first-order chi connectivity index (χ1) is 17.3. The lowest BCUT2D eigenvalue weighted by Gasteiger charge is -2.12. The van der Waals surface area contributed by atoms with Crippen LogP contribution >= 0.6 is 0 Å². The zero-order valence-corrected chi connectivity index (χ0v) is 21.2. The average Bonchev–Trinajstić information content (AvgIpc) is 2.89. The Hall–Kier alpha value is -4.03. The third-order valence-corrected chi connectivity index (χ3v) is 7.34. The van der Waals surface area contributed by atoms with E-state index in [4.69, 9.17) is 5.14 Å². The molecule has 0 aliphatic heterocycles. The van der Waals surface area contributed by atoms with E-state index in [1.54, 1.807) is 36.4 Å². The predicted octanol–water partition coefficient (Wildman–Crippen LogP) is 3.63. The molecule has 0 saturated heterocycles. The van der Waals surface area contributed by atoms with E-state index in [1.165, 1.54) is 12.1 Å². The third-order valence-electron chi connectivity index (χ3n) is 5.23. The molecule has 9 nitrogen and oxygen atoms in total. The summed E-state index contributed by atoms with van der Waals surface area (Å²) in [5, 5.41) is 10.5. The van der Waals surface area contributed by atoms with Crippen LogP contribution < -0.4 is 20.5 Å². The van der Waals surface area contributed by atoms with Gasteiger partial charge in [-0.25, -0.2) is 22.6 Å². The number of hydrogen-bond donors (Lipinski definition) is 4. The summed E-state index contributed by atoms with van der Waals surface area (Å²) in [5.74, 6) is 0. The first-order valence-corrected chi connectivity index (χ1v) is 13.6. The van der Waals surface area contributed by atoms with Gasteiger partial charge in [-0.1, -0.05) is 60.7 Å². The molecule has 0 fully saturated rings. The van der Waals surface area contributed by atoms with Crippen molar-refractivity contribution in [1.29, 1.82) is 0 Å². The lowest BCUT2D eigenvalue weighted by Crippen LogP contribution is -2.28. The summed E-state index contributed by atoms with van der Waals surface area (Å²) >= 11 is 0. The van der Waals surface area contributed by atoms with Gasteiger partial charge in [0.2, 0.25) is 10.0 Å². The number of sulfonamides is 1. The van der Waals surface area contributed by atoms with Crippen molar-refractivity contribution in [1.82, 2.24) is 5.32 Å². The molecule has 0 radical (unpaired) electrons. The summed E-state index contributed by atoms with van der Waals surface area (Å²) in [4.78, 5) is 12.9. The number of nitrogens with one attached hydrogen (secondary N) is 3. The van der Waals surface area contributed by atoms with Crippen LogP contribution in [0.3, 0.4) is 0 Å². The number of urea groups is 1. The van der Waals surface area contributed by atoms with Gasteiger partial charge in [0.25, 0.3) is 0 Å². The lowest BCUT2D eigenvalue weighted by atomic mass is 10.1. The summed E-state index contributed by atoms with van der Waals surface area (Å²) < 4.78 is 38.7. The van der Waals surface area contributed by atoms with Gasteiger partial charge in [-0.15, -0.1) is 0 Å². The van der Waals surface area contributed by atoms with Gasteiger partial charge in [0.1, 0.15) is 0 Å². The Bertz CT molecular complexity index is 1480. The van der Waals surface area contributed by atoms with Crippen LogP contribution in [0.25, 0.3) is 11.1 Å². The number of hydrogen-bond acceptors (Lipinski definition) is 4. The number of rotatable bonds is 8. The van der Waals surface area contributed by atoms with Crippen LogP contribution in [0, 0.1) is 0 Å². The van der Waals surface area contributed by atoms with Crippen molar-refractivity contribution >= 4 is 38.4 Å². The number of carbonyl (C=O) groups is 1. The second-order valence-electron chi connectivity index (χ2n) is 7.81. The minimum Gasteiger partial charge on any atom is -0.412 e. The van der Waals surface area contributed by atoms with Gasteiger partial charge < -0.3 is 20.8 Å². The lowest BCUT2D eigenvalue weighted by molar-refractivity contribution is 0.251. The third kappa shape index (κ3) is 7.48. The Morgan fingerprint density at radius 1 is 0.784 bits per heavy atom. The normalized spacial score (nSPS) is 11.6. The second-order valence-corrected chi connectivity index (χ2v) is 10.5. The minimum atomic E-state index is -3.76. The van der Waals surface area contributed by atoms with Crippen LogP contribution in [-0.4, -0.2) is 24.1 Å². The maximum atomic E-state index is 13.0. The SMILES string of the molecule is NS(=O)(=O)c1ccc(CNC(=O)Nc2ccc(NS(=O)c3ccccc3-c3ccccc3)cc2)cc1.O. The quantitative estimate of drug-likeness (QED) is 0.270. The smallest absolute Gasteiger partial charge is 0.319 e. The average molecular weight is 539 g/mol. The summed E-state index contributed by atoms with van der Waals surface area (Å²) in [5.41, 5.74) is 3.78. The number of primary sulfonamides is 1. The minimum absolute atomic E-state index is 0. The highest BCUT2D eigenvalue weighted by Gasteiger charge is 2.12. The Kier molecular flexibility index (Phi) is 9.15. The van der Waals surface area contributed by atoms with Gasteiger partial charge in [-0.3, -0.25) is 0 Å². The summed E-state index contributed by atoms with van der Waals surface area (Å²) in [6.07, 6.45) is 0. The van der Waals surface area contributed by atoms with Crippen molar-refractivity contribution in [3.63, 3.8) is 0 Å². The second kappa shape index (κ2) is 12.3. The molecule has 4 aromatic carbocycles. The maximum Gasteiger partial charge on any atom is 0.319 e. The summed E-state index contributed by atoms with van der Waals surface area (Å²) in [7, 11) is -5.25. The molecule has 0 aliphatic rings. The Balaban J connectivity index is 0.00000380. The first kappa shape index (κ1) is 27.6. The zero-order valence-electron chi connectivity index (χ0n) is 19.5. The largest absolute Gasteiger partial charge is 0.412 e. The van der Waals surface area contributed by atoms with Crippen molar-refractivity contribution in [3.05, 3.63) is 109 Å². The number of anilines is 2. The molecule has 2 amide bonds. The van der Waals surface area contributed by atoms with Crippen LogP contribution in [0.4, 0.5) is 16.2 Å². The molecule has 1 unspecified atom stereocenters. The van der Waals surface area contributed by atoms with Gasteiger partial charge in [0.05, 0.1) is 9.79 Å². The number of nitrogens with two attached hydrogens (primary N) is 1. The van der Waals surface area contributed by atoms with Gasteiger partial charge in [0.15, 0.2) is 11.0 Å². The molecule has 11 heteroatoms. The Morgan fingerprint density at radius 2 is 1.38 bits per heavy atom. The topological polar surface area (TPSA) is 162 Å². The molecule has 0 aromatic heterocycles. The highest BCUT2D eigenvalue weighted by Crippen LogP contribution is 2.27. The van der Waals surface area contributed by atoms with Gasteiger partial charge in [0, 0.05) is 17.9 Å². The van der Waals surface area contributed by atoms with Crippen molar-refractivity contribution < 1.29 is 22.9 Å². The molecule has 0 heterocycles. The van der Waals surface area contributed by atoms with Crippen LogP contribution in [0.5, 0.6) is 0 Å². The van der Waals surface area contributed by atoms with E-state index in [0.717, 1.165) is 16.7 Å². The standard InChI is InChI=1S/C26H24N4O4S2.H2O/c27-36(33,34)23-16-10-19(11-17-23)18-28-26(31)29-21-12-14-22(15-13-21)30-35(32)25-9-5-4-8-24(25)20-6-2-1-3-7-20;/h1-17,30H,18H2,(H2,27,33,34)(H2,28,29,31);1H2. The molecule has 0 aliphatic carbocycles. The molecule has 0 saturated carbocycles. The fourth-order valence-corrected chi connectivity index (χ4v) is 4.99. The zero-order chi connectivity index (χ0) is 25.5. The monoisotopic (exact) mass is 538 g/mol. The number of benzene rings is 4. The molecular formula is C26H26N4O5S2. The van der Waals surface area contributed by atoms with E-state index < -0.39 is 27.0 Å². The molecule has 37 heavy (non-hydrogen) atoms. The van der Waals surface area contributed by atoms with E-state index in [1.807, 2.05) is 54.6 Å². The predicted molar refractivity (Wildman–Crippen MR) is 146 cm³/mol. The van der Waals surface area contributed by atoms with E-state index in [-0.39, 0.29) is 16.9 Å². The van der Waals surface area contributed by atoms with Crippen LogP contribution in [-0.2, 0) is 27.6 Å². The van der Waals surface area contributed by atoms with Crippen molar-refractivity contribution in [2.75, 3.05) is 10.0 Å². The molecule has 7 N–H and O–H groups in total. The number of amides is 2. The van der Waals surface area contributed by atoms with Gasteiger partial charge >= 0.3 is 6.03 Å². The maximum absolute atomic E-state index is 13.0. The number of carbonyl (C=O) groups excluding carboxylic acids is 1. The summed E-state index contributed by atoms with van der Waals surface area (Å²) in [6, 6.07) is 29.6. The molecule has 4 aromatic rings. The molecule has 0 bridgehead atoms. The van der Waals surface area contributed by atoms with E-state index in [2.05, 4.69) is 15.4 Å². The molecule has 4 rings (SSSR count). The van der Waals surface area contributed by atoms with Crippen molar-refractivity contribution in [2.24, 2.45) is 5.14 Å². The van der Waals surface area contributed by atoms with Crippen molar-refractivity contribution in [2.45, 2.75) is 16.3 Å². The van der Waals surface area contributed by atoms with Crippen LogP contribution in [0.15, 0.2) is 113 Å². The Labute approximate surface area is 217 Å². The van der Waals surface area contributed by atoms with E-state index in [9.17, 15) is 17.4 Å². The van der Waals surface area contributed by atoms with Crippen LogP contribution in [0.2, 0.25) is 0 Å². The van der Waals surface area contributed by atoms with Crippen molar-refractivity contribution in [3.8, 4) is 11.1 Å². The van der Waals surface area contributed by atoms with Crippen LogP contribution in [0.1, 0.15) is 5.56 Å². The Morgan fingerprint density at radius 3 is 2.03 bits per heavy atom. The highest BCUT2D eigenvalue weighted by molar-refractivity contribution is 7.89. The summed E-state index contributed by atoms with van der Waals surface area (Å²) in [6.45, 7) is 0.205. The molecular weight excluding hydrogens is 512 g/mol. The molecule has 192 valence electrons. The van der Waals surface area contributed by atoms with E-state index in [0.29, 0.717) is 16.3 Å². The van der Waals surface area contributed by atoms with Gasteiger partial charge in [-0.05, 0) is 59.2 Å². The van der Waals surface area contributed by atoms with E-state index >= 15 is 0 Å². The fourth-order valence-electron chi connectivity index (χ4n) is 3.42. The highest BCUT2D eigenvalue weighted by atomic mass is 32.2. The first-order valence-electron chi connectivity index (χ1n) is 10.9. The molecule has 0 spiro atoms. The fraction of sp³-hybridized carbons (Fsp3) is 0.0385. The van der Waals surface area contributed by atoms with Gasteiger partial charge in [-0.2, -0.15) is 0 Å².